The average Bonchev–Trinajstić information content (AvgIpc) is 3.11. The number of allylic oxidation sites excluding steroid dienone is 2. The van der Waals surface area contributed by atoms with Gasteiger partial charge in [-0.1, -0.05) is 41.4 Å². The van der Waals surface area contributed by atoms with Gasteiger partial charge in [-0.25, -0.2) is 4.68 Å². The van der Waals surface area contributed by atoms with Gasteiger partial charge >= 0.3 is 0 Å². The average molecular weight is 391 g/mol. The van der Waals surface area contributed by atoms with Gasteiger partial charge in [0.05, 0.1) is 0 Å². The quantitative estimate of drug-likeness (QED) is 0.674. The van der Waals surface area contributed by atoms with Gasteiger partial charge in [-0.15, -0.1) is 5.10 Å². The Labute approximate surface area is 168 Å². The fraction of sp³-hybridized carbons (Fsp3) is 0.227. The zero-order valence-corrected chi connectivity index (χ0v) is 16.2. The van der Waals surface area contributed by atoms with Crippen molar-refractivity contribution in [2.75, 3.05) is 5.32 Å². The summed E-state index contributed by atoms with van der Waals surface area (Å²) in [6, 6.07) is 15.5. The zero-order valence-electron chi connectivity index (χ0n) is 15.4. The van der Waals surface area contributed by atoms with E-state index in [9.17, 15) is 4.79 Å². The maximum absolute atomic E-state index is 12.8. The van der Waals surface area contributed by atoms with E-state index in [4.69, 9.17) is 21.7 Å². The Balaban J connectivity index is 1.66. The molecule has 2 aromatic carbocycles. The molecule has 5 nitrogen and oxygen atoms in total. The van der Waals surface area contributed by atoms with Crippen LogP contribution in [0.5, 0.6) is 0 Å². The summed E-state index contributed by atoms with van der Waals surface area (Å²) in [5.74, 6) is 1.47. The third-order valence-electron chi connectivity index (χ3n) is 5.36. The van der Waals surface area contributed by atoms with Crippen molar-refractivity contribution in [1.82, 2.24) is 14.8 Å². The molecule has 0 bridgehead atoms. The maximum Gasteiger partial charge on any atom is 0.226 e. The highest BCUT2D eigenvalue weighted by molar-refractivity contribution is 6.30. The number of aromatic nitrogens is 3. The molecule has 28 heavy (non-hydrogen) atoms. The highest BCUT2D eigenvalue weighted by Crippen LogP contribution is 2.40. The number of benzene rings is 2. The summed E-state index contributed by atoms with van der Waals surface area (Å²) >= 11 is 6.01. The Morgan fingerprint density at radius 1 is 1.07 bits per heavy atom. The highest BCUT2D eigenvalue weighted by Gasteiger charge is 2.36. The molecule has 0 amide bonds. The standard InChI is InChI=1S/C22H19ClN4O/c1-13-5-7-14(8-6-13)20-19-17(3-2-4-18(19)28)24-22-25-21(26-27(20)22)15-9-11-16(23)12-10-15/h5-12,20H,2-4H2,1H3,(H,24,25,26). The Morgan fingerprint density at radius 3 is 2.57 bits per heavy atom. The molecule has 2 heterocycles. The Morgan fingerprint density at radius 2 is 1.82 bits per heavy atom. The van der Waals surface area contributed by atoms with Crippen LogP contribution < -0.4 is 5.32 Å². The van der Waals surface area contributed by atoms with Gasteiger partial charge in [0.25, 0.3) is 0 Å². The van der Waals surface area contributed by atoms with E-state index >= 15 is 0 Å². The largest absolute Gasteiger partial charge is 0.328 e. The van der Waals surface area contributed by atoms with Crippen LogP contribution in [0.25, 0.3) is 11.4 Å². The zero-order chi connectivity index (χ0) is 19.3. The summed E-state index contributed by atoms with van der Waals surface area (Å²) in [6.45, 7) is 2.06. The van der Waals surface area contributed by atoms with Crippen LogP contribution in [-0.2, 0) is 4.79 Å². The van der Waals surface area contributed by atoms with Crippen molar-refractivity contribution >= 4 is 23.3 Å². The van der Waals surface area contributed by atoms with Crippen LogP contribution >= 0.6 is 11.6 Å². The molecule has 140 valence electrons. The second-order valence-corrected chi connectivity index (χ2v) is 7.75. The lowest BCUT2D eigenvalue weighted by atomic mass is 9.85. The van der Waals surface area contributed by atoms with E-state index in [2.05, 4.69) is 36.5 Å². The predicted molar refractivity (Wildman–Crippen MR) is 109 cm³/mol. The summed E-state index contributed by atoms with van der Waals surface area (Å²) in [6.07, 6.45) is 2.30. The van der Waals surface area contributed by atoms with Gasteiger partial charge in [0.2, 0.25) is 5.95 Å². The first kappa shape index (κ1) is 17.2. The van der Waals surface area contributed by atoms with E-state index in [-0.39, 0.29) is 11.8 Å². The maximum atomic E-state index is 12.8. The second-order valence-electron chi connectivity index (χ2n) is 7.32. The molecular weight excluding hydrogens is 372 g/mol. The summed E-state index contributed by atoms with van der Waals surface area (Å²) in [5.41, 5.74) is 4.91. The predicted octanol–water partition coefficient (Wildman–Crippen LogP) is 4.93. The number of Topliss-reactive ketones (excluding diaryl/α,β-unsaturated/α-hetero) is 1. The molecule has 1 atom stereocenters. The first-order valence-corrected chi connectivity index (χ1v) is 9.80. The van der Waals surface area contributed by atoms with Crippen molar-refractivity contribution in [2.45, 2.75) is 32.2 Å². The van der Waals surface area contributed by atoms with Gasteiger partial charge in [-0.05, 0) is 49.6 Å². The van der Waals surface area contributed by atoms with E-state index in [0.29, 0.717) is 23.2 Å². The monoisotopic (exact) mass is 390 g/mol. The lowest BCUT2D eigenvalue weighted by molar-refractivity contribution is -0.116. The minimum atomic E-state index is -0.256. The number of aryl methyl sites for hydroxylation is 1. The number of anilines is 1. The lowest BCUT2D eigenvalue weighted by Crippen LogP contribution is -2.31. The van der Waals surface area contributed by atoms with Gasteiger partial charge in [0, 0.05) is 28.3 Å². The minimum absolute atomic E-state index is 0.188. The molecule has 1 aliphatic heterocycles. The number of hydrogen-bond acceptors (Lipinski definition) is 4. The van der Waals surface area contributed by atoms with Gasteiger partial charge < -0.3 is 5.32 Å². The minimum Gasteiger partial charge on any atom is -0.328 e. The summed E-state index contributed by atoms with van der Waals surface area (Å²) in [7, 11) is 0. The fourth-order valence-corrected chi connectivity index (χ4v) is 4.06. The summed E-state index contributed by atoms with van der Waals surface area (Å²) in [5, 5.41) is 8.81. The second kappa shape index (κ2) is 6.60. The molecule has 2 aliphatic rings. The number of halogens is 1. The van der Waals surface area contributed by atoms with Crippen LogP contribution in [0.15, 0.2) is 59.8 Å². The molecule has 6 heteroatoms. The number of nitrogens with zero attached hydrogens (tertiary/aromatic N) is 3. The molecular formula is C22H19ClN4O. The first-order chi connectivity index (χ1) is 13.6. The van der Waals surface area contributed by atoms with Crippen molar-refractivity contribution in [3.8, 4) is 11.4 Å². The normalized spacial score (nSPS) is 18.5. The number of hydrogen-bond donors (Lipinski definition) is 1. The lowest BCUT2D eigenvalue weighted by Gasteiger charge is -2.32. The van der Waals surface area contributed by atoms with Crippen molar-refractivity contribution < 1.29 is 4.79 Å². The first-order valence-electron chi connectivity index (χ1n) is 9.42. The van der Waals surface area contributed by atoms with Crippen LogP contribution in [0.1, 0.15) is 36.4 Å². The van der Waals surface area contributed by atoms with Gasteiger partial charge in [0.15, 0.2) is 11.6 Å². The number of nitrogens with one attached hydrogen (secondary N) is 1. The summed E-state index contributed by atoms with van der Waals surface area (Å²) < 4.78 is 1.84. The fourth-order valence-electron chi connectivity index (χ4n) is 3.93. The van der Waals surface area contributed by atoms with E-state index < -0.39 is 0 Å². The van der Waals surface area contributed by atoms with E-state index in [1.165, 1.54) is 5.56 Å². The van der Waals surface area contributed by atoms with E-state index in [1.807, 2.05) is 28.9 Å². The number of rotatable bonds is 2. The Kier molecular flexibility index (Phi) is 4.05. The Bertz CT molecular complexity index is 1100. The summed E-state index contributed by atoms with van der Waals surface area (Å²) in [4.78, 5) is 17.5. The van der Waals surface area contributed by atoms with Crippen molar-refractivity contribution in [3.05, 3.63) is 76.0 Å². The topological polar surface area (TPSA) is 59.8 Å². The third-order valence-corrected chi connectivity index (χ3v) is 5.62. The molecule has 0 fully saturated rings. The van der Waals surface area contributed by atoms with Crippen LogP contribution in [0.3, 0.4) is 0 Å². The highest BCUT2D eigenvalue weighted by atomic mass is 35.5. The van der Waals surface area contributed by atoms with Crippen molar-refractivity contribution in [2.24, 2.45) is 0 Å². The van der Waals surface area contributed by atoms with Crippen LogP contribution in [0, 0.1) is 6.92 Å². The Hall–Kier alpha value is -2.92. The van der Waals surface area contributed by atoms with Gasteiger partial charge in [-0.3, -0.25) is 4.79 Å². The van der Waals surface area contributed by atoms with Gasteiger partial charge in [-0.2, -0.15) is 4.98 Å². The molecule has 0 spiro atoms. The third kappa shape index (κ3) is 2.83. The molecule has 1 aliphatic carbocycles. The van der Waals surface area contributed by atoms with E-state index in [0.717, 1.165) is 35.2 Å². The molecule has 5 rings (SSSR count). The van der Waals surface area contributed by atoms with Crippen LogP contribution in [0.4, 0.5) is 5.95 Å². The smallest absolute Gasteiger partial charge is 0.226 e. The molecule has 0 saturated carbocycles. The van der Waals surface area contributed by atoms with Gasteiger partial charge in [0.1, 0.15) is 6.04 Å². The molecule has 1 N–H and O–H groups in total. The number of carbonyl (C=O) groups is 1. The van der Waals surface area contributed by atoms with Crippen molar-refractivity contribution in [1.29, 1.82) is 0 Å². The van der Waals surface area contributed by atoms with Crippen LogP contribution in [-0.4, -0.2) is 20.5 Å². The van der Waals surface area contributed by atoms with Crippen molar-refractivity contribution in [3.63, 3.8) is 0 Å². The number of ketones is 1. The molecule has 1 unspecified atom stereocenters. The SMILES string of the molecule is Cc1ccc(C2C3=C(CCCC3=O)Nc3nc(-c4ccc(Cl)cc4)nn32)cc1. The van der Waals surface area contributed by atoms with E-state index in [1.54, 1.807) is 0 Å². The molecule has 0 saturated heterocycles. The number of carbonyl (C=O) groups excluding carboxylic acids is 1. The van der Waals surface area contributed by atoms with Crippen LogP contribution in [0.2, 0.25) is 5.02 Å². The molecule has 3 aromatic rings. The molecule has 0 radical (unpaired) electrons. The molecule has 1 aromatic heterocycles. The number of fused-ring (bicyclic) bond motifs is 1.